The number of benzene rings is 2. The van der Waals surface area contributed by atoms with Crippen LogP contribution in [-0.4, -0.2) is 71.0 Å². The molecule has 2 amide bonds. The molecule has 1 saturated heterocycles. The molecule has 2 aromatic rings. The molecule has 0 radical (unpaired) electrons. The second-order valence-corrected chi connectivity index (χ2v) is 7.97. The lowest BCUT2D eigenvalue weighted by Crippen LogP contribution is -2.65. The predicted molar refractivity (Wildman–Crippen MR) is 113 cm³/mol. The average Bonchev–Trinajstić information content (AvgIpc) is 2.73. The van der Waals surface area contributed by atoms with Crippen molar-refractivity contribution in [2.75, 3.05) is 20.1 Å². The summed E-state index contributed by atoms with van der Waals surface area (Å²) in [5.41, 5.74) is 0.497. The standard InChI is InChI=1S/C23H25N3O4/c1-25-13-16-9-3-5-12-19(22(28)26(16)20(14-25)23(29)30)24-21(27)18-11-6-8-15-7-2-4-10-17(15)18/h2-8,10-11,16,19-20H,9,12-14H2,1H3,(H,24,27)(H,29,30)/b5-3-/t16-,19-,20-/m0/s1. The van der Waals surface area contributed by atoms with Crippen LogP contribution >= 0.6 is 0 Å². The zero-order valence-electron chi connectivity index (χ0n) is 16.8. The first kappa shape index (κ1) is 20.1. The van der Waals surface area contributed by atoms with Crippen LogP contribution in [0.3, 0.4) is 0 Å². The number of amides is 2. The number of hydrogen-bond acceptors (Lipinski definition) is 4. The number of piperazine rings is 1. The summed E-state index contributed by atoms with van der Waals surface area (Å²) in [6, 6.07) is 11.1. The summed E-state index contributed by atoms with van der Waals surface area (Å²) in [7, 11) is 1.86. The zero-order valence-corrected chi connectivity index (χ0v) is 16.8. The van der Waals surface area contributed by atoms with E-state index in [1.807, 2.05) is 60.5 Å². The van der Waals surface area contributed by atoms with E-state index < -0.39 is 18.1 Å². The normalized spacial score (nSPS) is 25.8. The summed E-state index contributed by atoms with van der Waals surface area (Å²) in [6.07, 6.45) is 4.80. The highest BCUT2D eigenvalue weighted by Crippen LogP contribution is 2.23. The monoisotopic (exact) mass is 407 g/mol. The van der Waals surface area contributed by atoms with Gasteiger partial charge in [0.2, 0.25) is 5.91 Å². The van der Waals surface area contributed by atoms with E-state index in [0.29, 0.717) is 24.9 Å². The fourth-order valence-electron chi connectivity index (χ4n) is 4.43. The fraction of sp³-hybridized carbons (Fsp3) is 0.348. The molecule has 3 atom stereocenters. The minimum Gasteiger partial charge on any atom is -0.480 e. The number of likely N-dealkylation sites (N-methyl/N-ethyl adjacent to an activating group) is 1. The molecule has 2 heterocycles. The van der Waals surface area contributed by atoms with Crippen molar-refractivity contribution in [2.45, 2.75) is 31.0 Å². The summed E-state index contributed by atoms with van der Waals surface area (Å²) in [6.45, 7) is 0.870. The van der Waals surface area contributed by atoms with Gasteiger partial charge in [0.25, 0.3) is 5.91 Å². The lowest BCUT2D eigenvalue weighted by molar-refractivity contribution is -0.157. The van der Waals surface area contributed by atoms with E-state index in [1.165, 1.54) is 4.90 Å². The van der Waals surface area contributed by atoms with Crippen molar-refractivity contribution in [3.63, 3.8) is 0 Å². The second kappa shape index (κ2) is 8.28. The number of carbonyl (C=O) groups excluding carboxylic acids is 2. The maximum atomic E-state index is 13.4. The maximum Gasteiger partial charge on any atom is 0.327 e. The van der Waals surface area contributed by atoms with Crippen molar-refractivity contribution in [1.29, 1.82) is 0 Å². The maximum absolute atomic E-state index is 13.4. The molecule has 4 rings (SSSR count). The zero-order chi connectivity index (χ0) is 21.3. The van der Waals surface area contributed by atoms with Crippen LogP contribution in [0.15, 0.2) is 54.6 Å². The number of aliphatic carboxylic acids is 1. The van der Waals surface area contributed by atoms with Crippen LogP contribution in [0.1, 0.15) is 23.2 Å². The molecule has 2 aliphatic heterocycles. The molecule has 0 unspecified atom stereocenters. The molecule has 156 valence electrons. The second-order valence-electron chi connectivity index (χ2n) is 7.97. The Morgan fingerprint density at radius 1 is 1.03 bits per heavy atom. The number of nitrogens with one attached hydrogen (secondary N) is 1. The third-order valence-electron chi connectivity index (χ3n) is 5.86. The SMILES string of the molecule is CN1C[C@@H]2C/C=C\C[C@H](NC(=O)c3cccc4ccccc34)C(=O)N2[C@H](C(=O)O)C1. The molecule has 1 fully saturated rings. The summed E-state index contributed by atoms with van der Waals surface area (Å²) in [5.74, 6) is -1.70. The molecule has 2 aliphatic rings. The van der Waals surface area contributed by atoms with Gasteiger partial charge >= 0.3 is 5.97 Å². The summed E-state index contributed by atoms with van der Waals surface area (Å²) in [5, 5.41) is 14.3. The molecule has 7 heteroatoms. The quantitative estimate of drug-likeness (QED) is 0.759. The van der Waals surface area contributed by atoms with E-state index in [1.54, 1.807) is 6.07 Å². The number of hydrogen-bond donors (Lipinski definition) is 2. The highest BCUT2D eigenvalue weighted by molar-refractivity contribution is 6.08. The Bertz CT molecular complexity index is 1010. The summed E-state index contributed by atoms with van der Waals surface area (Å²) < 4.78 is 0. The molecule has 0 aromatic heterocycles. The summed E-state index contributed by atoms with van der Waals surface area (Å²) >= 11 is 0. The summed E-state index contributed by atoms with van der Waals surface area (Å²) in [4.78, 5) is 41.7. The van der Waals surface area contributed by atoms with Gasteiger partial charge in [0.15, 0.2) is 0 Å². The Labute approximate surface area is 175 Å². The Hall–Kier alpha value is -3.19. The number of rotatable bonds is 3. The van der Waals surface area contributed by atoms with Crippen LogP contribution in [0, 0.1) is 0 Å². The minimum absolute atomic E-state index is 0.231. The van der Waals surface area contributed by atoms with Crippen molar-refractivity contribution >= 4 is 28.6 Å². The topological polar surface area (TPSA) is 90.0 Å². The van der Waals surface area contributed by atoms with Gasteiger partial charge in [-0.3, -0.25) is 9.59 Å². The van der Waals surface area contributed by atoms with Gasteiger partial charge < -0.3 is 20.2 Å². The first-order valence-electron chi connectivity index (χ1n) is 10.1. The van der Waals surface area contributed by atoms with E-state index >= 15 is 0 Å². The number of carbonyl (C=O) groups is 3. The highest BCUT2D eigenvalue weighted by atomic mass is 16.4. The average molecular weight is 407 g/mol. The minimum atomic E-state index is -1.02. The van der Waals surface area contributed by atoms with Crippen LogP contribution in [-0.2, 0) is 9.59 Å². The molecule has 0 saturated carbocycles. The molecule has 7 nitrogen and oxygen atoms in total. The van der Waals surface area contributed by atoms with Gasteiger partial charge in [-0.1, -0.05) is 48.6 Å². The van der Waals surface area contributed by atoms with Crippen LogP contribution in [0.2, 0.25) is 0 Å². The van der Waals surface area contributed by atoms with Gasteiger partial charge in [-0.25, -0.2) is 4.79 Å². The third kappa shape index (κ3) is 3.80. The van der Waals surface area contributed by atoms with E-state index in [-0.39, 0.29) is 24.4 Å². The molecule has 2 aromatic carbocycles. The van der Waals surface area contributed by atoms with E-state index in [2.05, 4.69) is 5.32 Å². The Morgan fingerprint density at radius 3 is 2.57 bits per heavy atom. The molecular weight excluding hydrogens is 382 g/mol. The Balaban J connectivity index is 1.62. The molecule has 30 heavy (non-hydrogen) atoms. The van der Waals surface area contributed by atoms with E-state index in [0.717, 1.165) is 10.8 Å². The number of carboxylic acids is 1. The predicted octanol–water partition coefficient (Wildman–Crippen LogP) is 1.88. The van der Waals surface area contributed by atoms with Gasteiger partial charge in [0.05, 0.1) is 0 Å². The molecule has 2 N–H and O–H groups in total. The lowest BCUT2D eigenvalue weighted by Gasteiger charge is -2.45. The van der Waals surface area contributed by atoms with E-state index in [4.69, 9.17) is 0 Å². The third-order valence-corrected chi connectivity index (χ3v) is 5.86. The number of fused-ring (bicyclic) bond motifs is 2. The van der Waals surface area contributed by atoms with Crippen molar-refractivity contribution in [2.24, 2.45) is 0 Å². The molecule has 0 spiro atoms. The van der Waals surface area contributed by atoms with Crippen molar-refractivity contribution < 1.29 is 19.5 Å². The first-order valence-corrected chi connectivity index (χ1v) is 10.1. The van der Waals surface area contributed by atoms with Crippen LogP contribution in [0.4, 0.5) is 0 Å². The largest absolute Gasteiger partial charge is 0.480 e. The van der Waals surface area contributed by atoms with Crippen LogP contribution in [0.5, 0.6) is 0 Å². The van der Waals surface area contributed by atoms with Crippen molar-refractivity contribution in [1.82, 2.24) is 15.1 Å². The Morgan fingerprint density at radius 2 is 1.77 bits per heavy atom. The highest BCUT2D eigenvalue weighted by Gasteiger charge is 2.42. The molecule has 0 aliphatic carbocycles. The van der Waals surface area contributed by atoms with Gasteiger partial charge in [-0.05, 0) is 36.7 Å². The fourth-order valence-corrected chi connectivity index (χ4v) is 4.43. The van der Waals surface area contributed by atoms with Gasteiger partial charge in [-0.2, -0.15) is 0 Å². The van der Waals surface area contributed by atoms with Crippen LogP contribution < -0.4 is 5.32 Å². The molecular formula is C23H25N3O4. The van der Waals surface area contributed by atoms with Gasteiger partial charge in [0, 0.05) is 24.7 Å². The van der Waals surface area contributed by atoms with Gasteiger partial charge in [-0.15, -0.1) is 0 Å². The lowest BCUT2D eigenvalue weighted by atomic mass is 9.97. The van der Waals surface area contributed by atoms with Crippen LogP contribution in [0.25, 0.3) is 10.8 Å². The first-order chi connectivity index (χ1) is 14.5. The number of nitrogens with zero attached hydrogens (tertiary/aromatic N) is 2. The van der Waals surface area contributed by atoms with Crippen molar-refractivity contribution in [3.8, 4) is 0 Å². The van der Waals surface area contributed by atoms with E-state index in [9.17, 15) is 19.5 Å². The molecule has 0 bridgehead atoms. The Kier molecular flexibility index (Phi) is 5.55. The van der Waals surface area contributed by atoms with Gasteiger partial charge in [0.1, 0.15) is 12.1 Å². The smallest absolute Gasteiger partial charge is 0.327 e. The van der Waals surface area contributed by atoms with Crippen molar-refractivity contribution in [3.05, 3.63) is 60.2 Å². The number of carboxylic acid groups (broad SMARTS) is 1.